The summed E-state index contributed by atoms with van der Waals surface area (Å²) in [6, 6.07) is 156. The SMILES string of the molecule is [2H]c1c([2H])c([2H])c2c(c1[2H])c1c([2H])c([2H])c([2H])c([2H])c1n2-c1ccc2c(c1)N(c1ccc(-c3ccccc3)cc1-c1ccc3c(c1)-c1ccccc1C3(c1ccccc1)c1ccccc1)c1cc(-c3ccccc3)cc3c1B2c1ccc(-c2ccccc2-c2ccccc2)cc1N3c1ccc(-c2ccccc2)cc1-c1ccc2c(c1)-c1ccccc1C2(c1ccccc1)c1ccccc1. The lowest BCUT2D eigenvalue weighted by Crippen LogP contribution is -2.61. The largest absolute Gasteiger partial charge is 0.311 e. The Morgan fingerprint density at radius 2 is 0.524 bits per heavy atom. The lowest BCUT2D eigenvalue weighted by Gasteiger charge is -2.45. The molecule has 0 fully saturated rings. The van der Waals surface area contributed by atoms with Gasteiger partial charge in [-0.15, -0.1) is 0 Å². The minimum Gasteiger partial charge on any atom is -0.311 e. The Bertz CT molecular complexity index is 8250. The molecule has 0 saturated heterocycles. The Hall–Kier alpha value is -16.1. The van der Waals surface area contributed by atoms with Crippen molar-refractivity contribution in [3.8, 4) is 106 Å². The number of para-hydroxylation sites is 2. The third kappa shape index (κ3) is 11.1. The van der Waals surface area contributed by atoms with Crippen molar-refractivity contribution in [1.29, 1.82) is 0 Å². The van der Waals surface area contributed by atoms with Gasteiger partial charge in [0, 0.05) is 50.3 Å². The first-order valence-corrected chi connectivity index (χ1v) is 43.2. The van der Waals surface area contributed by atoms with Gasteiger partial charge < -0.3 is 14.4 Å². The van der Waals surface area contributed by atoms with E-state index in [9.17, 15) is 11.0 Å². The summed E-state index contributed by atoms with van der Waals surface area (Å²) in [6.07, 6.45) is 0. The first kappa shape index (κ1) is 64.7. The second-order valence-electron chi connectivity index (χ2n) is 33.4. The zero-order chi connectivity index (χ0) is 89.9. The molecular weight excluding hydrogens is 1520 g/mol. The predicted octanol–water partition coefficient (Wildman–Crippen LogP) is 29.3. The van der Waals surface area contributed by atoms with Crippen LogP contribution in [-0.2, 0) is 10.8 Å². The van der Waals surface area contributed by atoms with Crippen LogP contribution in [0.2, 0.25) is 0 Å². The number of hydrogen-bond donors (Lipinski definition) is 0. The Morgan fingerprint density at radius 3 is 0.968 bits per heavy atom. The topological polar surface area (TPSA) is 11.4 Å². The van der Waals surface area contributed by atoms with E-state index in [0.29, 0.717) is 5.69 Å². The maximum absolute atomic E-state index is 10.0. The van der Waals surface area contributed by atoms with Crippen molar-refractivity contribution in [3.05, 3.63) is 530 Å². The van der Waals surface area contributed by atoms with E-state index >= 15 is 0 Å². The smallest absolute Gasteiger partial charge is 0.252 e. The second-order valence-corrected chi connectivity index (χ2v) is 33.4. The average molecular weight is 1610 g/mol. The summed E-state index contributed by atoms with van der Waals surface area (Å²) in [4.78, 5) is 4.99. The zero-order valence-corrected chi connectivity index (χ0v) is 68.5. The standard InChI is InChI=1S/C122H80BN3/c1-9-35-81(36-10-1)85-64-71-114(102(73-85)87-61-67-108-104(75-87)98-53-27-31-57-106(98)121(108,91-43-17-5-18-44-91)92-45-19-6-20-46-92)125-116-77-89(97-52-26-25-51-96(97)84-41-15-4-16-42-84)63-69-110(116)123-111-70-66-95(124-112-59-33-29-55-100(112)101-56-30-34-60-113(101)124)80-117(111)126(119-79-90(78-118(125)120(119)123)83-39-13-3-14-40-83)115-72-65-86(82-37-11-2-12-38-82)74-103(115)88-62-68-109-105(76-88)99-54-28-32-58-107(99)122(109,93-47-21-7-22-48-93)94-49-23-8-24-50-94/h1-80H/i29D,30D,33D,34D,55D,56D,59D,60D. The van der Waals surface area contributed by atoms with Crippen molar-refractivity contribution in [2.45, 2.75) is 10.8 Å². The summed E-state index contributed by atoms with van der Waals surface area (Å²) in [7, 11) is 0. The van der Waals surface area contributed by atoms with E-state index in [-0.39, 0.29) is 33.9 Å². The molecule has 126 heavy (non-hydrogen) atoms. The van der Waals surface area contributed by atoms with Crippen LogP contribution in [0.3, 0.4) is 0 Å². The van der Waals surface area contributed by atoms with Crippen LogP contribution in [0.1, 0.15) is 55.5 Å². The number of nitrogens with zero attached hydrogens (tertiary/aromatic N) is 3. The van der Waals surface area contributed by atoms with Crippen LogP contribution < -0.4 is 26.2 Å². The number of hydrogen-bond acceptors (Lipinski definition) is 2. The molecule has 3 nitrogen and oxygen atoms in total. The molecule has 4 aliphatic rings. The summed E-state index contributed by atoms with van der Waals surface area (Å²) in [5, 5.41) is -0.00948. The van der Waals surface area contributed by atoms with E-state index in [0.717, 1.165) is 167 Å². The van der Waals surface area contributed by atoms with Crippen LogP contribution in [0.4, 0.5) is 34.1 Å². The van der Waals surface area contributed by atoms with Gasteiger partial charge in [-0.05, 0) is 229 Å². The molecule has 0 spiro atoms. The quantitative estimate of drug-likeness (QED) is 0.101. The number of rotatable bonds is 14. The highest BCUT2D eigenvalue weighted by Gasteiger charge is 2.50. The summed E-state index contributed by atoms with van der Waals surface area (Å²) in [5.41, 5.74) is 35.3. The van der Waals surface area contributed by atoms with Crippen molar-refractivity contribution < 1.29 is 11.0 Å². The molecule has 0 saturated carbocycles. The summed E-state index contributed by atoms with van der Waals surface area (Å²) >= 11 is 0. The van der Waals surface area contributed by atoms with Gasteiger partial charge in [0.2, 0.25) is 0 Å². The average Bonchev–Trinajstić information content (AvgIpc) is 1.35. The predicted molar refractivity (Wildman–Crippen MR) is 527 cm³/mol. The van der Waals surface area contributed by atoms with Gasteiger partial charge in [0.1, 0.15) is 0 Å². The second kappa shape index (κ2) is 29.3. The molecule has 0 amide bonds. The molecule has 586 valence electrons. The molecule has 0 radical (unpaired) electrons. The molecule has 21 aromatic rings. The van der Waals surface area contributed by atoms with Crippen molar-refractivity contribution >= 4 is 79.0 Å². The van der Waals surface area contributed by atoms with E-state index in [1.54, 1.807) is 4.57 Å². The fraction of sp³-hybridized carbons (Fsp3) is 0.0164. The van der Waals surface area contributed by atoms with E-state index < -0.39 is 53.8 Å². The van der Waals surface area contributed by atoms with Crippen molar-refractivity contribution in [3.63, 3.8) is 0 Å². The zero-order valence-electron chi connectivity index (χ0n) is 76.5. The molecule has 2 aliphatic carbocycles. The van der Waals surface area contributed by atoms with Gasteiger partial charge in [-0.2, -0.15) is 0 Å². The lowest BCUT2D eigenvalue weighted by atomic mass is 9.33. The maximum Gasteiger partial charge on any atom is 0.252 e. The first-order valence-electron chi connectivity index (χ1n) is 47.2. The first-order chi connectivity index (χ1) is 65.8. The fourth-order valence-corrected chi connectivity index (χ4v) is 21.7. The van der Waals surface area contributed by atoms with Gasteiger partial charge in [0.05, 0.1) is 44.2 Å². The molecule has 0 bridgehead atoms. The number of aromatic nitrogens is 1. The van der Waals surface area contributed by atoms with Crippen LogP contribution >= 0.6 is 0 Å². The van der Waals surface area contributed by atoms with Gasteiger partial charge >= 0.3 is 0 Å². The normalized spacial score (nSPS) is 14.2. The summed E-state index contributed by atoms with van der Waals surface area (Å²) in [5.74, 6) is 0. The highest BCUT2D eigenvalue weighted by Crippen LogP contribution is 2.61. The molecule has 1 aromatic heterocycles. The number of fused-ring (bicyclic) bond motifs is 13. The van der Waals surface area contributed by atoms with E-state index in [1.165, 1.54) is 27.8 Å². The Morgan fingerprint density at radius 1 is 0.206 bits per heavy atom. The van der Waals surface area contributed by atoms with Crippen LogP contribution in [0.25, 0.3) is 128 Å². The van der Waals surface area contributed by atoms with Gasteiger partial charge in [-0.3, -0.25) is 0 Å². The Balaban J connectivity index is 0.814. The van der Waals surface area contributed by atoms with Crippen LogP contribution in [-0.4, -0.2) is 11.3 Å². The van der Waals surface area contributed by atoms with Crippen molar-refractivity contribution in [1.82, 2.24) is 4.57 Å². The minimum absolute atomic E-state index is 0.00474. The van der Waals surface area contributed by atoms with Crippen LogP contribution in [0.5, 0.6) is 0 Å². The van der Waals surface area contributed by atoms with E-state index in [4.69, 9.17) is 0 Å². The molecule has 25 rings (SSSR count). The number of anilines is 6. The summed E-state index contributed by atoms with van der Waals surface area (Å²) < 4.78 is 78.6. The third-order valence-electron chi connectivity index (χ3n) is 27.0. The van der Waals surface area contributed by atoms with Gasteiger partial charge in [-0.25, -0.2) is 0 Å². The van der Waals surface area contributed by atoms with Gasteiger partial charge in [0.15, 0.2) is 0 Å². The molecule has 4 heteroatoms. The molecule has 2 aliphatic heterocycles. The van der Waals surface area contributed by atoms with Crippen molar-refractivity contribution in [2.75, 3.05) is 9.80 Å². The third-order valence-corrected chi connectivity index (χ3v) is 27.0. The van der Waals surface area contributed by atoms with Gasteiger partial charge in [-0.1, -0.05) is 406 Å². The van der Waals surface area contributed by atoms with Crippen LogP contribution in [0, 0.1) is 0 Å². The molecule has 3 heterocycles. The van der Waals surface area contributed by atoms with Crippen LogP contribution in [0.15, 0.2) is 485 Å². The Labute approximate surface area is 746 Å². The maximum atomic E-state index is 10.0. The monoisotopic (exact) mass is 1610 g/mol. The Kier molecular flexibility index (Phi) is 15.1. The minimum atomic E-state index is -0.702. The van der Waals surface area contributed by atoms with E-state index in [1.807, 2.05) is 6.07 Å². The molecule has 0 atom stereocenters. The van der Waals surface area contributed by atoms with Crippen molar-refractivity contribution in [2.24, 2.45) is 0 Å². The van der Waals surface area contributed by atoms with Gasteiger partial charge in [0.25, 0.3) is 6.71 Å². The fourth-order valence-electron chi connectivity index (χ4n) is 21.7. The highest BCUT2D eigenvalue weighted by atomic mass is 15.2. The number of benzene rings is 20. The highest BCUT2D eigenvalue weighted by molar-refractivity contribution is 7.00. The molecular formula is C122H80BN3. The molecule has 0 unspecified atom stereocenters. The molecule has 20 aromatic carbocycles. The summed E-state index contributed by atoms with van der Waals surface area (Å²) in [6.45, 7) is -0.553. The van der Waals surface area contributed by atoms with E-state index in [2.05, 4.69) is 441 Å². The molecule has 0 N–H and O–H groups in total. The lowest BCUT2D eigenvalue weighted by molar-refractivity contribution is 0.768.